The van der Waals surface area contributed by atoms with Crippen molar-refractivity contribution in [3.63, 3.8) is 0 Å². The van der Waals surface area contributed by atoms with Gasteiger partial charge in [0.25, 0.3) is 0 Å². The molecule has 5 nitrogen and oxygen atoms in total. The number of aliphatic hydroxyl groups excluding tert-OH is 1. The number of aromatic nitrogens is 2. The quantitative estimate of drug-likeness (QED) is 0.827. The van der Waals surface area contributed by atoms with E-state index in [0.717, 1.165) is 25.1 Å². The van der Waals surface area contributed by atoms with Gasteiger partial charge in [-0.15, -0.1) is 0 Å². The number of nitrogens with zero attached hydrogens (tertiary/aromatic N) is 3. The summed E-state index contributed by atoms with van der Waals surface area (Å²) in [5, 5.41) is 13.2. The minimum atomic E-state index is -0.262. The van der Waals surface area contributed by atoms with Crippen LogP contribution in [0.2, 0.25) is 0 Å². The SMILES string of the molecule is CN(C)c1nccc(NC2CCCCC2O)n1. The van der Waals surface area contributed by atoms with Crippen LogP contribution in [0.3, 0.4) is 0 Å². The fourth-order valence-electron chi connectivity index (χ4n) is 2.11. The van der Waals surface area contributed by atoms with Gasteiger partial charge in [-0.3, -0.25) is 0 Å². The van der Waals surface area contributed by atoms with E-state index >= 15 is 0 Å². The lowest BCUT2D eigenvalue weighted by Crippen LogP contribution is -2.36. The fourth-order valence-corrected chi connectivity index (χ4v) is 2.11. The third kappa shape index (κ3) is 3.06. The maximum Gasteiger partial charge on any atom is 0.226 e. The van der Waals surface area contributed by atoms with Crippen molar-refractivity contribution in [3.8, 4) is 0 Å². The van der Waals surface area contributed by atoms with E-state index in [1.54, 1.807) is 6.20 Å². The Morgan fingerprint density at radius 3 is 2.82 bits per heavy atom. The van der Waals surface area contributed by atoms with Gasteiger partial charge in [0.1, 0.15) is 5.82 Å². The summed E-state index contributed by atoms with van der Waals surface area (Å²) >= 11 is 0. The van der Waals surface area contributed by atoms with Gasteiger partial charge in [-0.2, -0.15) is 4.98 Å². The zero-order chi connectivity index (χ0) is 12.3. The van der Waals surface area contributed by atoms with Gasteiger partial charge in [0, 0.05) is 20.3 Å². The molecule has 1 aromatic heterocycles. The Morgan fingerprint density at radius 2 is 2.12 bits per heavy atom. The van der Waals surface area contributed by atoms with Crippen molar-refractivity contribution < 1.29 is 5.11 Å². The van der Waals surface area contributed by atoms with Gasteiger partial charge < -0.3 is 15.3 Å². The van der Waals surface area contributed by atoms with Crippen molar-refractivity contribution in [2.24, 2.45) is 0 Å². The van der Waals surface area contributed by atoms with Crippen LogP contribution in [0, 0.1) is 0 Å². The first-order valence-electron chi connectivity index (χ1n) is 6.12. The molecule has 0 saturated heterocycles. The van der Waals surface area contributed by atoms with Crippen LogP contribution in [0.5, 0.6) is 0 Å². The molecule has 0 spiro atoms. The predicted octanol–water partition coefficient (Wildman–Crippen LogP) is 1.26. The van der Waals surface area contributed by atoms with Crippen LogP contribution < -0.4 is 10.2 Å². The summed E-state index contributed by atoms with van der Waals surface area (Å²) in [7, 11) is 3.82. The van der Waals surface area contributed by atoms with E-state index in [4.69, 9.17) is 0 Å². The summed E-state index contributed by atoms with van der Waals surface area (Å²) in [5.74, 6) is 1.47. The highest BCUT2D eigenvalue weighted by Gasteiger charge is 2.23. The van der Waals surface area contributed by atoms with Gasteiger partial charge in [0.2, 0.25) is 5.95 Å². The number of rotatable bonds is 3. The molecule has 1 fully saturated rings. The van der Waals surface area contributed by atoms with E-state index in [-0.39, 0.29) is 12.1 Å². The van der Waals surface area contributed by atoms with Gasteiger partial charge in [-0.25, -0.2) is 4.98 Å². The summed E-state index contributed by atoms with van der Waals surface area (Å²) in [5.41, 5.74) is 0. The first-order chi connectivity index (χ1) is 8.16. The van der Waals surface area contributed by atoms with Gasteiger partial charge in [-0.1, -0.05) is 12.8 Å². The second kappa shape index (κ2) is 5.31. The number of hydrogen-bond donors (Lipinski definition) is 2. The van der Waals surface area contributed by atoms with Crippen molar-refractivity contribution in [1.82, 2.24) is 9.97 Å². The van der Waals surface area contributed by atoms with Crippen molar-refractivity contribution in [1.29, 1.82) is 0 Å². The monoisotopic (exact) mass is 236 g/mol. The van der Waals surface area contributed by atoms with Gasteiger partial charge >= 0.3 is 0 Å². The number of nitrogens with one attached hydrogen (secondary N) is 1. The van der Waals surface area contributed by atoms with Gasteiger partial charge in [0.15, 0.2) is 0 Å². The standard InChI is InChI=1S/C12H20N4O/c1-16(2)12-13-8-7-11(15-12)14-9-5-3-4-6-10(9)17/h7-10,17H,3-6H2,1-2H3,(H,13,14,15). The van der Waals surface area contributed by atoms with Crippen molar-refractivity contribution >= 4 is 11.8 Å². The topological polar surface area (TPSA) is 61.3 Å². The van der Waals surface area contributed by atoms with Crippen molar-refractivity contribution in [2.75, 3.05) is 24.3 Å². The molecule has 1 heterocycles. The molecule has 17 heavy (non-hydrogen) atoms. The third-order valence-corrected chi connectivity index (χ3v) is 3.11. The van der Waals surface area contributed by atoms with E-state index in [2.05, 4.69) is 15.3 Å². The van der Waals surface area contributed by atoms with Gasteiger partial charge in [0.05, 0.1) is 12.1 Å². The van der Waals surface area contributed by atoms with E-state index in [9.17, 15) is 5.11 Å². The molecule has 0 aromatic carbocycles. The van der Waals surface area contributed by atoms with Crippen LogP contribution in [0.15, 0.2) is 12.3 Å². The van der Waals surface area contributed by atoms with Crippen LogP contribution in [0.25, 0.3) is 0 Å². The number of aliphatic hydroxyl groups is 1. The molecule has 0 aliphatic heterocycles. The Balaban J connectivity index is 2.04. The van der Waals surface area contributed by atoms with E-state index in [1.165, 1.54) is 6.42 Å². The molecule has 2 N–H and O–H groups in total. The number of hydrogen-bond acceptors (Lipinski definition) is 5. The van der Waals surface area contributed by atoms with E-state index in [0.29, 0.717) is 5.95 Å². The largest absolute Gasteiger partial charge is 0.391 e. The Kier molecular flexibility index (Phi) is 3.78. The van der Waals surface area contributed by atoms with Gasteiger partial charge in [-0.05, 0) is 18.9 Å². The summed E-state index contributed by atoms with van der Waals surface area (Å²) < 4.78 is 0. The molecule has 0 amide bonds. The lowest BCUT2D eigenvalue weighted by atomic mass is 9.93. The van der Waals surface area contributed by atoms with Crippen LogP contribution in [-0.2, 0) is 0 Å². The smallest absolute Gasteiger partial charge is 0.226 e. The zero-order valence-corrected chi connectivity index (χ0v) is 10.4. The summed E-state index contributed by atoms with van der Waals surface area (Å²) in [4.78, 5) is 10.4. The van der Waals surface area contributed by atoms with E-state index in [1.807, 2.05) is 25.1 Å². The Labute approximate surface area is 102 Å². The molecule has 0 radical (unpaired) electrons. The van der Waals surface area contributed by atoms with Crippen molar-refractivity contribution in [3.05, 3.63) is 12.3 Å². The molecular formula is C12H20N4O. The summed E-state index contributed by atoms with van der Waals surface area (Å²) in [6.07, 6.45) is 5.64. The molecule has 1 aliphatic rings. The lowest BCUT2D eigenvalue weighted by molar-refractivity contribution is 0.116. The molecule has 1 aliphatic carbocycles. The molecule has 2 rings (SSSR count). The molecular weight excluding hydrogens is 216 g/mol. The predicted molar refractivity (Wildman–Crippen MR) is 68.2 cm³/mol. The van der Waals surface area contributed by atoms with Crippen molar-refractivity contribution in [2.45, 2.75) is 37.8 Å². The normalized spacial score (nSPS) is 24.4. The van der Waals surface area contributed by atoms with Crippen LogP contribution in [-0.4, -0.2) is 41.3 Å². The highest BCUT2D eigenvalue weighted by atomic mass is 16.3. The second-order valence-corrected chi connectivity index (χ2v) is 4.74. The minimum Gasteiger partial charge on any atom is -0.391 e. The molecule has 94 valence electrons. The second-order valence-electron chi connectivity index (χ2n) is 4.74. The fraction of sp³-hybridized carbons (Fsp3) is 0.667. The zero-order valence-electron chi connectivity index (χ0n) is 10.4. The van der Waals surface area contributed by atoms with Crippen LogP contribution >= 0.6 is 0 Å². The molecule has 2 unspecified atom stereocenters. The maximum absolute atomic E-state index is 9.89. The molecule has 2 atom stereocenters. The Bertz CT molecular complexity index is 369. The lowest BCUT2D eigenvalue weighted by Gasteiger charge is -2.28. The molecule has 1 aromatic rings. The molecule has 5 heteroatoms. The molecule has 1 saturated carbocycles. The highest BCUT2D eigenvalue weighted by molar-refractivity contribution is 5.41. The summed E-state index contributed by atoms with van der Waals surface area (Å²) in [6, 6.07) is 1.96. The van der Waals surface area contributed by atoms with Crippen LogP contribution in [0.4, 0.5) is 11.8 Å². The number of anilines is 2. The first-order valence-corrected chi connectivity index (χ1v) is 6.12. The summed E-state index contributed by atoms with van der Waals surface area (Å²) in [6.45, 7) is 0. The Hall–Kier alpha value is -1.36. The molecule has 0 bridgehead atoms. The Morgan fingerprint density at radius 1 is 1.35 bits per heavy atom. The van der Waals surface area contributed by atoms with Crippen LogP contribution in [0.1, 0.15) is 25.7 Å². The first kappa shape index (κ1) is 12.1. The van der Waals surface area contributed by atoms with E-state index < -0.39 is 0 Å². The maximum atomic E-state index is 9.89. The highest BCUT2D eigenvalue weighted by Crippen LogP contribution is 2.21. The average molecular weight is 236 g/mol. The minimum absolute atomic E-state index is 0.119. The third-order valence-electron chi connectivity index (χ3n) is 3.11. The average Bonchev–Trinajstić information content (AvgIpc) is 2.32.